The van der Waals surface area contributed by atoms with Gasteiger partial charge in [-0.3, -0.25) is 0 Å². The molecule has 0 N–H and O–H groups in total. The molecule has 0 aliphatic carbocycles. The summed E-state index contributed by atoms with van der Waals surface area (Å²) in [4.78, 5) is 0. The molecule has 1 heterocycles. The number of benzene rings is 2. The first-order valence-electron chi connectivity index (χ1n) is 6.92. The zero-order chi connectivity index (χ0) is 13.8. The van der Waals surface area contributed by atoms with Crippen molar-refractivity contribution in [3.8, 4) is 11.3 Å². The van der Waals surface area contributed by atoms with Crippen molar-refractivity contribution in [2.24, 2.45) is 0 Å². The Hall–Kier alpha value is -1.93. The Morgan fingerprint density at radius 1 is 0.762 bits per heavy atom. The summed E-state index contributed by atoms with van der Waals surface area (Å²) < 4.78 is 2.29. The Balaban J connectivity index is 0.00000161. The molecule has 2 aromatic carbocycles. The van der Waals surface area contributed by atoms with Gasteiger partial charge in [-0.05, 0) is 25.1 Å². The third-order valence-electron chi connectivity index (χ3n) is 3.48. The lowest BCUT2D eigenvalue weighted by Gasteiger charge is -2.04. The molecule has 0 atom stereocenters. The third-order valence-corrected chi connectivity index (χ3v) is 3.48. The number of halogens is 1. The summed E-state index contributed by atoms with van der Waals surface area (Å²) in [6.07, 6.45) is 2.14. The standard InChI is InChI=1S/C19H18N.BrH/c1-16-10-12-17(13-11-16)15-20-14-6-5-9-19(20)18-7-3-2-4-8-18;/h2-14H,15H2,1H3;1H/q+1;/p-1. The molecule has 3 aromatic rings. The summed E-state index contributed by atoms with van der Waals surface area (Å²) in [5, 5.41) is 0. The van der Waals surface area contributed by atoms with Gasteiger partial charge in [0.1, 0.15) is 0 Å². The topological polar surface area (TPSA) is 3.88 Å². The highest BCUT2D eigenvalue weighted by molar-refractivity contribution is 5.55. The Morgan fingerprint density at radius 3 is 2.14 bits per heavy atom. The second kappa shape index (κ2) is 7.19. The highest BCUT2D eigenvalue weighted by Crippen LogP contribution is 2.14. The molecule has 0 spiro atoms. The summed E-state index contributed by atoms with van der Waals surface area (Å²) >= 11 is 0. The number of hydrogen-bond donors (Lipinski definition) is 0. The van der Waals surface area contributed by atoms with Gasteiger partial charge >= 0.3 is 0 Å². The number of nitrogens with zero attached hydrogens (tertiary/aromatic N) is 1. The number of hydrogen-bond acceptors (Lipinski definition) is 0. The largest absolute Gasteiger partial charge is 1.00 e. The summed E-state index contributed by atoms with van der Waals surface area (Å²) in [5.41, 5.74) is 5.12. The Bertz CT molecular complexity index is 690. The molecule has 0 aliphatic rings. The van der Waals surface area contributed by atoms with Crippen LogP contribution in [-0.4, -0.2) is 0 Å². The Kier molecular flexibility index (Phi) is 5.29. The average Bonchev–Trinajstić information content (AvgIpc) is 2.51. The zero-order valence-corrected chi connectivity index (χ0v) is 13.6. The van der Waals surface area contributed by atoms with Gasteiger partial charge in [-0.2, -0.15) is 4.57 Å². The second-order valence-electron chi connectivity index (χ2n) is 5.07. The fraction of sp³-hybridized carbons (Fsp3) is 0.105. The van der Waals surface area contributed by atoms with Crippen molar-refractivity contribution in [3.05, 3.63) is 90.1 Å². The molecule has 0 bridgehead atoms. The van der Waals surface area contributed by atoms with Crippen LogP contribution < -0.4 is 21.5 Å². The first-order chi connectivity index (χ1) is 9.83. The van der Waals surface area contributed by atoms with Gasteiger partial charge in [0, 0.05) is 23.3 Å². The van der Waals surface area contributed by atoms with Crippen molar-refractivity contribution in [3.63, 3.8) is 0 Å². The quantitative estimate of drug-likeness (QED) is 0.627. The van der Waals surface area contributed by atoms with Gasteiger partial charge in [0.15, 0.2) is 12.7 Å². The molecule has 106 valence electrons. The van der Waals surface area contributed by atoms with E-state index in [9.17, 15) is 0 Å². The maximum Gasteiger partial charge on any atom is 0.212 e. The Labute approximate surface area is 136 Å². The summed E-state index contributed by atoms with van der Waals surface area (Å²) in [6, 6.07) is 25.6. The summed E-state index contributed by atoms with van der Waals surface area (Å²) in [7, 11) is 0. The molecule has 2 heteroatoms. The van der Waals surface area contributed by atoms with E-state index >= 15 is 0 Å². The maximum absolute atomic E-state index is 2.29. The normalized spacial score (nSPS) is 9.95. The van der Waals surface area contributed by atoms with Crippen molar-refractivity contribution in [2.75, 3.05) is 0 Å². The van der Waals surface area contributed by atoms with Crippen LogP contribution >= 0.6 is 0 Å². The summed E-state index contributed by atoms with van der Waals surface area (Å²) in [5.74, 6) is 0. The van der Waals surface area contributed by atoms with E-state index in [0.29, 0.717) is 0 Å². The van der Waals surface area contributed by atoms with Crippen LogP contribution in [0, 0.1) is 6.92 Å². The predicted molar refractivity (Wildman–Crippen MR) is 82.4 cm³/mol. The van der Waals surface area contributed by atoms with Crippen LogP contribution in [0.3, 0.4) is 0 Å². The lowest BCUT2D eigenvalue weighted by Crippen LogP contribution is -3.00. The van der Waals surface area contributed by atoms with E-state index in [-0.39, 0.29) is 17.0 Å². The van der Waals surface area contributed by atoms with Crippen molar-refractivity contribution in [1.82, 2.24) is 0 Å². The van der Waals surface area contributed by atoms with Gasteiger partial charge in [0.05, 0.1) is 0 Å². The molecular formula is C19H18BrN. The van der Waals surface area contributed by atoms with Gasteiger partial charge in [0.25, 0.3) is 0 Å². The van der Waals surface area contributed by atoms with Crippen molar-refractivity contribution >= 4 is 0 Å². The third kappa shape index (κ3) is 3.79. The molecule has 1 aromatic heterocycles. The van der Waals surface area contributed by atoms with Crippen molar-refractivity contribution in [1.29, 1.82) is 0 Å². The lowest BCUT2D eigenvalue weighted by molar-refractivity contribution is -0.677. The van der Waals surface area contributed by atoms with E-state index in [1.54, 1.807) is 0 Å². The number of pyridine rings is 1. The van der Waals surface area contributed by atoms with Crippen LogP contribution in [-0.2, 0) is 6.54 Å². The van der Waals surface area contributed by atoms with Crippen LogP contribution in [0.1, 0.15) is 11.1 Å². The first kappa shape index (κ1) is 15.5. The second-order valence-corrected chi connectivity index (χ2v) is 5.07. The summed E-state index contributed by atoms with van der Waals surface area (Å²) in [6.45, 7) is 3.01. The van der Waals surface area contributed by atoms with Gasteiger partial charge in [-0.15, -0.1) is 0 Å². The smallest absolute Gasteiger partial charge is 0.212 e. The van der Waals surface area contributed by atoms with E-state index in [4.69, 9.17) is 0 Å². The fourth-order valence-corrected chi connectivity index (χ4v) is 2.38. The minimum atomic E-state index is 0. The molecule has 0 amide bonds. The van der Waals surface area contributed by atoms with Crippen molar-refractivity contribution < 1.29 is 21.5 Å². The lowest BCUT2D eigenvalue weighted by atomic mass is 10.1. The van der Waals surface area contributed by atoms with Crippen LogP contribution in [0.2, 0.25) is 0 Å². The van der Waals surface area contributed by atoms with E-state index in [1.165, 1.54) is 22.4 Å². The minimum Gasteiger partial charge on any atom is -1.00 e. The molecule has 0 radical (unpaired) electrons. The first-order valence-corrected chi connectivity index (χ1v) is 6.92. The van der Waals surface area contributed by atoms with Gasteiger partial charge in [0.2, 0.25) is 5.69 Å². The molecular weight excluding hydrogens is 322 g/mol. The van der Waals surface area contributed by atoms with Gasteiger partial charge in [-0.25, -0.2) is 0 Å². The van der Waals surface area contributed by atoms with E-state index < -0.39 is 0 Å². The molecule has 1 nitrogen and oxygen atoms in total. The van der Waals surface area contributed by atoms with Crippen molar-refractivity contribution in [2.45, 2.75) is 13.5 Å². The van der Waals surface area contributed by atoms with Crippen LogP contribution in [0.15, 0.2) is 79.0 Å². The molecule has 3 rings (SSSR count). The van der Waals surface area contributed by atoms with Crippen LogP contribution in [0.4, 0.5) is 0 Å². The molecule has 0 unspecified atom stereocenters. The molecule has 0 aliphatic heterocycles. The monoisotopic (exact) mass is 339 g/mol. The van der Waals surface area contributed by atoms with Crippen LogP contribution in [0.25, 0.3) is 11.3 Å². The Morgan fingerprint density at radius 2 is 1.43 bits per heavy atom. The maximum atomic E-state index is 2.29. The van der Waals surface area contributed by atoms with E-state index in [0.717, 1.165) is 6.54 Å². The number of rotatable bonds is 3. The molecule has 0 saturated heterocycles. The van der Waals surface area contributed by atoms with Gasteiger partial charge < -0.3 is 17.0 Å². The minimum absolute atomic E-state index is 0. The molecule has 0 saturated carbocycles. The van der Waals surface area contributed by atoms with Gasteiger partial charge in [-0.1, -0.05) is 48.0 Å². The van der Waals surface area contributed by atoms with E-state index in [1.807, 2.05) is 0 Å². The number of aryl methyl sites for hydroxylation is 1. The highest BCUT2D eigenvalue weighted by atomic mass is 79.9. The molecule has 21 heavy (non-hydrogen) atoms. The van der Waals surface area contributed by atoms with E-state index in [2.05, 4.69) is 90.5 Å². The molecule has 0 fully saturated rings. The van der Waals surface area contributed by atoms with Crippen LogP contribution in [0.5, 0.6) is 0 Å². The average molecular weight is 340 g/mol. The zero-order valence-electron chi connectivity index (χ0n) is 12.0. The predicted octanol–water partition coefficient (Wildman–Crippen LogP) is 1.00. The fourth-order valence-electron chi connectivity index (χ4n) is 2.38. The SMILES string of the molecule is Cc1ccc(C[n+]2ccccc2-c2ccccc2)cc1.[Br-]. The highest BCUT2D eigenvalue weighted by Gasteiger charge is 2.11. The number of aromatic nitrogens is 1.